The highest BCUT2D eigenvalue weighted by atomic mass is 16.2. The van der Waals surface area contributed by atoms with Gasteiger partial charge in [0.05, 0.1) is 6.54 Å². The van der Waals surface area contributed by atoms with Crippen LogP contribution in [0.3, 0.4) is 0 Å². The molecule has 0 heterocycles. The summed E-state index contributed by atoms with van der Waals surface area (Å²) in [6.45, 7) is 10.0. The average Bonchev–Trinajstić information content (AvgIpc) is 2.23. The number of likely N-dealkylation sites (N-methyl/N-ethyl adjacent to an activating group) is 1. The van der Waals surface area contributed by atoms with E-state index in [-0.39, 0.29) is 5.91 Å². The first-order chi connectivity index (χ1) is 7.97. The Labute approximate surface area is 106 Å². The van der Waals surface area contributed by atoms with Crippen molar-refractivity contribution in [3.05, 3.63) is 0 Å². The van der Waals surface area contributed by atoms with Gasteiger partial charge in [-0.2, -0.15) is 0 Å². The summed E-state index contributed by atoms with van der Waals surface area (Å²) < 4.78 is 0. The lowest BCUT2D eigenvalue weighted by Gasteiger charge is -2.23. The van der Waals surface area contributed by atoms with E-state index in [1.807, 2.05) is 14.1 Å². The molecular formula is C13H29N3O. The fourth-order valence-corrected chi connectivity index (χ4v) is 1.61. The fraction of sp³-hybridized carbons (Fsp3) is 0.923. The van der Waals surface area contributed by atoms with Crippen LogP contribution >= 0.6 is 0 Å². The second-order valence-electron chi connectivity index (χ2n) is 5.03. The Morgan fingerprint density at radius 3 is 2.35 bits per heavy atom. The number of carbonyl (C=O) groups is 1. The Morgan fingerprint density at radius 2 is 1.88 bits per heavy atom. The molecule has 0 atom stereocenters. The number of hydrogen-bond donors (Lipinski definition) is 1. The Morgan fingerprint density at radius 1 is 1.24 bits per heavy atom. The van der Waals surface area contributed by atoms with Crippen molar-refractivity contribution in [3.8, 4) is 0 Å². The van der Waals surface area contributed by atoms with Crippen LogP contribution in [0.2, 0.25) is 0 Å². The van der Waals surface area contributed by atoms with Crippen LogP contribution in [-0.2, 0) is 4.79 Å². The van der Waals surface area contributed by atoms with E-state index in [0.717, 1.165) is 32.5 Å². The predicted octanol–water partition coefficient (Wildman–Crippen LogP) is 1.17. The Balaban J connectivity index is 3.85. The van der Waals surface area contributed by atoms with Crippen LogP contribution in [0, 0.1) is 0 Å². The van der Waals surface area contributed by atoms with Crippen molar-refractivity contribution in [2.45, 2.75) is 39.7 Å². The van der Waals surface area contributed by atoms with Gasteiger partial charge in [0.1, 0.15) is 0 Å². The maximum absolute atomic E-state index is 11.6. The van der Waals surface area contributed by atoms with Crippen molar-refractivity contribution in [2.24, 2.45) is 0 Å². The van der Waals surface area contributed by atoms with Gasteiger partial charge in [0, 0.05) is 20.1 Å². The molecule has 0 aliphatic heterocycles. The zero-order valence-corrected chi connectivity index (χ0v) is 12.1. The molecule has 0 bridgehead atoms. The smallest absolute Gasteiger partial charge is 0.236 e. The predicted molar refractivity (Wildman–Crippen MR) is 73.2 cm³/mol. The van der Waals surface area contributed by atoms with Crippen molar-refractivity contribution >= 4 is 5.91 Å². The Bertz CT molecular complexity index is 205. The number of amides is 1. The minimum Gasteiger partial charge on any atom is -0.348 e. The molecule has 0 aromatic rings. The molecule has 0 radical (unpaired) electrons. The van der Waals surface area contributed by atoms with Gasteiger partial charge in [-0.25, -0.2) is 0 Å². The van der Waals surface area contributed by atoms with Gasteiger partial charge in [0.2, 0.25) is 5.91 Å². The van der Waals surface area contributed by atoms with Crippen molar-refractivity contribution in [2.75, 3.05) is 40.3 Å². The van der Waals surface area contributed by atoms with Crippen LogP contribution in [0.25, 0.3) is 0 Å². The van der Waals surface area contributed by atoms with E-state index in [2.05, 4.69) is 31.0 Å². The second-order valence-corrected chi connectivity index (χ2v) is 5.03. The molecule has 4 nitrogen and oxygen atoms in total. The van der Waals surface area contributed by atoms with Gasteiger partial charge in [-0.05, 0) is 32.5 Å². The number of rotatable bonds is 9. The number of nitrogens with one attached hydrogen (secondary N) is 1. The van der Waals surface area contributed by atoms with Crippen molar-refractivity contribution in [1.29, 1.82) is 0 Å². The van der Waals surface area contributed by atoms with Crippen LogP contribution < -0.4 is 5.32 Å². The monoisotopic (exact) mass is 243 g/mol. The molecule has 4 heteroatoms. The average molecular weight is 243 g/mol. The molecule has 0 fully saturated rings. The zero-order valence-electron chi connectivity index (χ0n) is 12.1. The fourth-order valence-electron chi connectivity index (χ4n) is 1.61. The number of nitrogens with zero attached hydrogens (tertiary/aromatic N) is 2. The Kier molecular flexibility index (Phi) is 9.09. The highest BCUT2D eigenvalue weighted by Crippen LogP contribution is 1.96. The molecule has 0 unspecified atom stereocenters. The van der Waals surface area contributed by atoms with Crippen LogP contribution in [0.4, 0.5) is 0 Å². The summed E-state index contributed by atoms with van der Waals surface area (Å²) in [5.41, 5.74) is 0. The minimum absolute atomic E-state index is 0.190. The van der Waals surface area contributed by atoms with Gasteiger partial charge in [0.15, 0.2) is 0 Å². The molecule has 0 rings (SSSR count). The van der Waals surface area contributed by atoms with Gasteiger partial charge in [-0.1, -0.05) is 20.8 Å². The quantitative estimate of drug-likeness (QED) is 0.618. The zero-order chi connectivity index (χ0) is 13.3. The maximum atomic E-state index is 11.6. The van der Waals surface area contributed by atoms with E-state index >= 15 is 0 Å². The SMILES string of the molecule is CCCN(CCCNC(C)C)CC(=O)N(C)C. The lowest BCUT2D eigenvalue weighted by Crippen LogP contribution is -2.38. The van der Waals surface area contributed by atoms with Gasteiger partial charge in [-0.3, -0.25) is 9.69 Å². The summed E-state index contributed by atoms with van der Waals surface area (Å²) in [5, 5.41) is 3.40. The molecule has 1 amide bonds. The van der Waals surface area contributed by atoms with Crippen molar-refractivity contribution in [1.82, 2.24) is 15.1 Å². The van der Waals surface area contributed by atoms with Crippen LogP contribution in [-0.4, -0.2) is 62.0 Å². The first-order valence-corrected chi connectivity index (χ1v) is 6.63. The molecule has 17 heavy (non-hydrogen) atoms. The van der Waals surface area contributed by atoms with Crippen LogP contribution in [0.5, 0.6) is 0 Å². The summed E-state index contributed by atoms with van der Waals surface area (Å²) in [6, 6.07) is 0.540. The highest BCUT2D eigenvalue weighted by molar-refractivity contribution is 5.77. The highest BCUT2D eigenvalue weighted by Gasteiger charge is 2.10. The lowest BCUT2D eigenvalue weighted by atomic mass is 10.3. The van der Waals surface area contributed by atoms with Gasteiger partial charge in [-0.15, -0.1) is 0 Å². The van der Waals surface area contributed by atoms with E-state index in [1.54, 1.807) is 4.90 Å². The molecule has 0 aromatic carbocycles. The molecule has 0 aliphatic carbocycles. The molecule has 1 N–H and O–H groups in total. The molecule has 0 saturated carbocycles. The summed E-state index contributed by atoms with van der Waals surface area (Å²) in [5.74, 6) is 0.190. The Hall–Kier alpha value is -0.610. The summed E-state index contributed by atoms with van der Waals surface area (Å²) >= 11 is 0. The molecular weight excluding hydrogens is 214 g/mol. The van der Waals surface area contributed by atoms with E-state index in [4.69, 9.17) is 0 Å². The van der Waals surface area contributed by atoms with Gasteiger partial charge < -0.3 is 10.2 Å². The second kappa shape index (κ2) is 9.42. The molecule has 0 spiro atoms. The van der Waals surface area contributed by atoms with Gasteiger partial charge in [0.25, 0.3) is 0 Å². The first kappa shape index (κ1) is 16.4. The van der Waals surface area contributed by atoms with Crippen LogP contribution in [0.1, 0.15) is 33.6 Å². The molecule has 0 aromatic heterocycles. The maximum Gasteiger partial charge on any atom is 0.236 e. The van der Waals surface area contributed by atoms with Crippen molar-refractivity contribution in [3.63, 3.8) is 0 Å². The summed E-state index contributed by atoms with van der Waals surface area (Å²) in [4.78, 5) is 15.5. The third kappa shape index (κ3) is 9.12. The minimum atomic E-state index is 0.190. The summed E-state index contributed by atoms with van der Waals surface area (Å²) in [7, 11) is 3.62. The lowest BCUT2D eigenvalue weighted by molar-refractivity contribution is -0.129. The normalized spacial score (nSPS) is 11.2. The van der Waals surface area contributed by atoms with E-state index in [0.29, 0.717) is 12.6 Å². The standard InChI is InChI=1S/C13H29N3O/c1-6-9-16(11-13(17)15(4)5)10-7-8-14-12(2)3/h12,14H,6-11H2,1-5H3. The number of hydrogen-bond acceptors (Lipinski definition) is 3. The van der Waals surface area contributed by atoms with E-state index in [1.165, 1.54) is 0 Å². The van der Waals surface area contributed by atoms with E-state index in [9.17, 15) is 4.79 Å². The van der Waals surface area contributed by atoms with E-state index < -0.39 is 0 Å². The van der Waals surface area contributed by atoms with Crippen molar-refractivity contribution < 1.29 is 4.79 Å². The van der Waals surface area contributed by atoms with Crippen LogP contribution in [0.15, 0.2) is 0 Å². The molecule has 0 aliphatic rings. The number of carbonyl (C=O) groups excluding carboxylic acids is 1. The topological polar surface area (TPSA) is 35.6 Å². The third-order valence-electron chi connectivity index (χ3n) is 2.60. The molecule has 102 valence electrons. The van der Waals surface area contributed by atoms with Gasteiger partial charge >= 0.3 is 0 Å². The largest absolute Gasteiger partial charge is 0.348 e. The first-order valence-electron chi connectivity index (χ1n) is 6.63. The third-order valence-corrected chi connectivity index (χ3v) is 2.60. The molecule has 0 saturated heterocycles. The summed E-state index contributed by atoms with van der Waals surface area (Å²) in [6.07, 6.45) is 2.19.